The van der Waals surface area contributed by atoms with Gasteiger partial charge >= 0.3 is 5.97 Å². The molecule has 0 saturated heterocycles. The third kappa shape index (κ3) is 4.00. The van der Waals surface area contributed by atoms with Crippen LogP contribution < -0.4 is 10.1 Å². The number of para-hydroxylation sites is 1. The third-order valence-electron chi connectivity index (χ3n) is 4.71. The number of nitrogens with one attached hydrogen (secondary N) is 1. The van der Waals surface area contributed by atoms with Gasteiger partial charge in [0.05, 0.1) is 12.2 Å². The summed E-state index contributed by atoms with van der Waals surface area (Å²) in [4.78, 5) is 26.3. The highest BCUT2D eigenvalue weighted by molar-refractivity contribution is 7.17. The van der Waals surface area contributed by atoms with Crippen LogP contribution in [0.5, 0.6) is 5.75 Å². The highest BCUT2D eigenvalue weighted by atomic mass is 32.1. The maximum absolute atomic E-state index is 12.7. The molecule has 0 saturated carbocycles. The molecule has 5 nitrogen and oxygen atoms in total. The average Bonchev–Trinajstić information content (AvgIpc) is 3.18. The zero-order chi connectivity index (χ0) is 19.6. The smallest absolute Gasteiger partial charge is 0.341 e. The molecular weight excluding hydrogens is 362 g/mol. The van der Waals surface area contributed by atoms with Crippen LogP contribution in [0.15, 0.2) is 18.2 Å². The van der Waals surface area contributed by atoms with Gasteiger partial charge in [0.15, 0.2) is 6.10 Å². The van der Waals surface area contributed by atoms with E-state index in [2.05, 4.69) is 5.32 Å². The molecule has 1 amide bonds. The van der Waals surface area contributed by atoms with Crippen LogP contribution >= 0.6 is 11.3 Å². The molecule has 0 fully saturated rings. The van der Waals surface area contributed by atoms with Crippen LogP contribution in [0.3, 0.4) is 0 Å². The van der Waals surface area contributed by atoms with Crippen molar-refractivity contribution in [3.05, 3.63) is 45.3 Å². The Morgan fingerprint density at radius 1 is 1.22 bits per heavy atom. The fraction of sp³-hybridized carbons (Fsp3) is 0.429. The lowest BCUT2D eigenvalue weighted by atomic mass is 10.1. The second kappa shape index (κ2) is 8.13. The minimum atomic E-state index is -0.684. The van der Waals surface area contributed by atoms with Crippen LogP contribution in [0.25, 0.3) is 0 Å². The number of esters is 1. The van der Waals surface area contributed by atoms with Crippen molar-refractivity contribution in [2.24, 2.45) is 0 Å². The number of amides is 1. The molecule has 0 aliphatic heterocycles. The summed E-state index contributed by atoms with van der Waals surface area (Å²) in [7, 11) is 0. The van der Waals surface area contributed by atoms with E-state index < -0.39 is 6.10 Å². The molecule has 0 radical (unpaired) electrons. The predicted octanol–water partition coefficient (Wildman–Crippen LogP) is 4.44. The van der Waals surface area contributed by atoms with Gasteiger partial charge in [-0.25, -0.2) is 4.79 Å². The number of benzene rings is 1. The lowest BCUT2D eigenvalue weighted by Gasteiger charge is -2.18. The van der Waals surface area contributed by atoms with Gasteiger partial charge in [-0.1, -0.05) is 18.2 Å². The fourth-order valence-electron chi connectivity index (χ4n) is 3.34. The zero-order valence-electron chi connectivity index (χ0n) is 16.2. The van der Waals surface area contributed by atoms with E-state index in [1.54, 1.807) is 13.8 Å². The molecule has 27 heavy (non-hydrogen) atoms. The summed E-state index contributed by atoms with van der Waals surface area (Å²) in [6.45, 7) is 7.71. The Hall–Kier alpha value is -2.34. The first-order valence-electron chi connectivity index (χ1n) is 9.27. The molecule has 144 valence electrons. The molecule has 2 aromatic rings. The van der Waals surface area contributed by atoms with Crippen molar-refractivity contribution in [3.8, 4) is 5.75 Å². The Labute approximate surface area is 163 Å². The average molecular weight is 388 g/mol. The molecule has 1 atom stereocenters. The molecule has 1 N–H and O–H groups in total. The summed E-state index contributed by atoms with van der Waals surface area (Å²) in [6.07, 6.45) is 2.14. The van der Waals surface area contributed by atoms with Gasteiger partial charge in [-0.05, 0) is 63.6 Å². The van der Waals surface area contributed by atoms with Crippen molar-refractivity contribution in [2.75, 3.05) is 11.9 Å². The SMILES string of the molecule is CCOC(=O)c1c(NC(=O)[C@H](C)Oc2c(C)cccc2C)sc2c1CCC2. The molecule has 0 bridgehead atoms. The van der Waals surface area contributed by atoms with Gasteiger partial charge in [0.1, 0.15) is 10.8 Å². The first-order chi connectivity index (χ1) is 12.9. The molecule has 6 heteroatoms. The molecule has 0 spiro atoms. The Bertz CT molecular complexity index is 851. The number of ether oxygens (including phenoxy) is 2. The van der Waals surface area contributed by atoms with Crippen LogP contribution in [-0.2, 0) is 22.4 Å². The van der Waals surface area contributed by atoms with E-state index >= 15 is 0 Å². The molecule has 3 rings (SSSR count). The highest BCUT2D eigenvalue weighted by Gasteiger charge is 2.29. The van der Waals surface area contributed by atoms with Crippen molar-refractivity contribution >= 4 is 28.2 Å². The van der Waals surface area contributed by atoms with Crippen LogP contribution in [0, 0.1) is 13.8 Å². The summed E-state index contributed by atoms with van der Waals surface area (Å²) in [6, 6.07) is 5.87. The van der Waals surface area contributed by atoms with E-state index in [0.717, 1.165) is 46.6 Å². The Balaban J connectivity index is 1.79. The Morgan fingerprint density at radius 3 is 2.59 bits per heavy atom. The van der Waals surface area contributed by atoms with Gasteiger partial charge in [0, 0.05) is 4.88 Å². The summed E-state index contributed by atoms with van der Waals surface area (Å²) < 4.78 is 11.1. The third-order valence-corrected chi connectivity index (χ3v) is 5.92. The first kappa shape index (κ1) is 19.4. The summed E-state index contributed by atoms with van der Waals surface area (Å²) in [5.74, 6) is 0.0816. The lowest BCUT2D eigenvalue weighted by molar-refractivity contribution is -0.122. The molecule has 1 aliphatic rings. The van der Waals surface area contributed by atoms with E-state index in [0.29, 0.717) is 17.2 Å². The van der Waals surface area contributed by atoms with Gasteiger partial charge < -0.3 is 14.8 Å². The van der Waals surface area contributed by atoms with Crippen molar-refractivity contribution in [3.63, 3.8) is 0 Å². The highest BCUT2D eigenvalue weighted by Crippen LogP contribution is 2.39. The van der Waals surface area contributed by atoms with Crippen LogP contribution in [-0.4, -0.2) is 24.6 Å². The van der Waals surface area contributed by atoms with E-state index in [-0.39, 0.29) is 11.9 Å². The fourth-order valence-corrected chi connectivity index (χ4v) is 4.62. The Morgan fingerprint density at radius 2 is 1.93 bits per heavy atom. The van der Waals surface area contributed by atoms with Crippen molar-refractivity contribution in [1.82, 2.24) is 0 Å². The number of rotatable bonds is 6. The molecule has 1 aliphatic carbocycles. The quantitative estimate of drug-likeness (QED) is 0.745. The topological polar surface area (TPSA) is 64.6 Å². The zero-order valence-corrected chi connectivity index (χ0v) is 17.0. The van der Waals surface area contributed by atoms with Crippen molar-refractivity contribution in [1.29, 1.82) is 0 Å². The van der Waals surface area contributed by atoms with E-state index in [4.69, 9.17) is 9.47 Å². The summed E-state index contributed by atoms with van der Waals surface area (Å²) in [5.41, 5.74) is 3.51. The van der Waals surface area contributed by atoms with Gasteiger partial charge in [-0.3, -0.25) is 4.79 Å². The summed E-state index contributed by atoms with van der Waals surface area (Å²) >= 11 is 1.47. The second-order valence-electron chi connectivity index (χ2n) is 6.75. The largest absolute Gasteiger partial charge is 0.480 e. The van der Waals surface area contributed by atoms with Crippen molar-refractivity contribution < 1.29 is 19.1 Å². The normalized spacial score (nSPS) is 13.8. The number of anilines is 1. The molecule has 0 unspecified atom stereocenters. The van der Waals surface area contributed by atoms with Gasteiger partial charge in [-0.2, -0.15) is 0 Å². The number of aryl methyl sites for hydroxylation is 3. The van der Waals surface area contributed by atoms with Crippen LogP contribution in [0.4, 0.5) is 5.00 Å². The molecule has 1 heterocycles. The number of carbonyl (C=O) groups excluding carboxylic acids is 2. The molecule has 1 aromatic carbocycles. The van der Waals surface area contributed by atoms with E-state index in [1.165, 1.54) is 11.3 Å². The van der Waals surface area contributed by atoms with Gasteiger partial charge in [-0.15, -0.1) is 11.3 Å². The lowest BCUT2D eigenvalue weighted by Crippen LogP contribution is -2.31. The maximum atomic E-state index is 12.7. The first-order valence-corrected chi connectivity index (χ1v) is 10.1. The maximum Gasteiger partial charge on any atom is 0.341 e. The Kier molecular flexibility index (Phi) is 5.85. The number of hydrogen-bond donors (Lipinski definition) is 1. The monoisotopic (exact) mass is 387 g/mol. The van der Waals surface area contributed by atoms with Crippen LogP contribution in [0.1, 0.15) is 52.2 Å². The van der Waals surface area contributed by atoms with Crippen LogP contribution in [0.2, 0.25) is 0 Å². The number of hydrogen-bond acceptors (Lipinski definition) is 5. The van der Waals surface area contributed by atoms with E-state index in [1.807, 2.05) is 32.0 Å². The minimum Gasteiger partial charge on any atom is -0.480 e. The van der Waals surface area contributed by atoms with Crippen molar-refractivity contribution in [2.45, 2.75) is 53.1 Å². The number of fused-ring (bicyclic) bond motifs is 1. The van der Waals surface area contributed by atoms with Gasteiger partial charge in [0.2, 0.25) is 0 Å². The standard InChI is InChI=1S/C21H25NO4S/c1-5-25-21(24)17-15-10-7-11-16(15)27-20(17)22-19(23)14(4)26-18-12(2)8-6-9-13(18)3/h6,8-9,14H,5,7,10-11H2,1-4H3,(H,22,23)/t14-/m0/s1. The molecular formula is C21H25NO4S. The van der Waals surface area contributed by atoms with E-state index in [9.17, 15) is 9.59 Å². The predicted molar refractivity (Wildman–Crippen MR) is 107 cm³/mol. The minimum absolute atomic E-state index is 0.275. The number of carbonyl (C=O) groups is 2. The van der Waals surface area contributed by atoms with Gasteiger partial charge in [0.25, 0.3) is 5.91 Å². The molecule has 1 aromatic heterocycles. The summed E-state index contributed by atoms with van der Waals surface area (Å²) in [5, 5.41) is 3.46. The second-order valence-corrected chi connectivity index (χ2v) is 7.86. The number of thiophene rings is 1.